The number of amides is 3. The summed E-state index contributed by atoms with van der Waals surface area (Å²) in [6, 6.07) is 14.3. The van der Waals surface area contributed by atoms with E-state index in [1.165, 1.54) is 0 Å². The van der Waals surface area contributed by atoms with Crippen molar-refractivity contribution in [2.45, 2.75) is 78.6 Å². The van der Waals surface area contributed by atoms with Crippen molar-refractivity contribution in [3.05, 3.63) is 77.1 Å². The zero-order valence-electron chi connectivity index (χ0n) is 25.7. The van der Waals surface area contributed by atoms with Gasteiger partial charge in [-0.05, 0) is 56.8 Å². The third-order valence-electron chi connectivity index (χ3n) is 7.46. The van der Waals surface area contributed by atoms with Crippen LogP contribution in [0.2, 0.25) is 0 Å². The highest BCUT2D eigenvalue weighted by Gasteiger charge is 2.29. The van der Waals surface area contributed by atoms with Gasteiger partial charge in [0.1, 0.15) is 18.4 Å². The van der Waals surface area contributed by atoms with Crippen LogP contribution in [-0.2, 0) is 33.9 Å². The monoisotopic (exact) mass is 588 g/mol. The average molecular weight is 589 g/mol. The zero-order valence-corrected chi connectivity index (χ0v) is 25.7. The first kappa shape index (κ1) is 31.8. The summed E-state index contributed by atoms with van der Waals surface area (Å²) in [5.74, 6) is 0.352. The van der Waals surface area contributed by atoms with Crippen molar-refractivity contribution in [2.24, 2.45) is 5.92 Å². The van der Waals surface area contributed by atoms with Gasteiger partial charge in [0.2, 0.25) is 17.7 Å². The number of pyridine rings is 1. The van der Waals surface area contributed by atoms with E-state index in [-0.39, 0.29) is 36.6 Å². The Morgan fingerprint density at radius 2 is 1.67 bits per heavy atom. The standard InChI is InChI=1S/C32H44N8O3/c1-22(2)30-31-35-24(4)38-40(31)21-29(42)33-16-10-18-39(20-26-14-8-11-23(3)34-26)17-9-15-28(41)36-27(32(43)37-30)19-25-12-6-5-7-13-25/h5-8,11-14,22,27,30H,9-10,15-21H2,1-4H3,(H,33,42)(H,36,41)(H,37,43)/t27-,30+/m1/s1. The Morgan fingerprint density at radius 3 is 2.42 bits per heavy atom. The summed E-state index contributed by atoms with van der Waals surface area (Å²) in [5, 5.41) is 13.6. The Morgan fingerprint density at radius 1 is 0.907 bits per heavy atom. The number of rotatable bonds is 5. The smallest absolute Gasteiger partial charge is 0.243 e. The SMILES string of the molecule is Cc1cccc(CN2CCCNC(=O)Cn3nc(C)nc3[C@H](C(C)C)NC(=O)[C@@H](Cc3ccccc3)NC(=O)CCC2)n1. The fourth-order valence-corrected chi connectivity index (χ4v) is 5.30. The van der Waals surface area contributed by atoms with E-state index in [9.17, 15) is 14.4 Å². The highest BCUT2D eigenvalue weighted by Crippen LogP contribution is 2.21. The van der Waals surface area contributed by atoms with Crippen molar-refractivity contribution in [3.63, 3.8) is 0 Å². The van der Waals surface area contributed by atoms with E-state index in [1.54, 1.807) is 11.6 Å². The first-order valence-electron chi connectivity index (χ1n) is 15.1. The van der Waals surface area contributed by atoms with Gasteiger partial charge < -0.3 is 16.0 Å². The number of benzene rings is 1. The van der Waals surface area contributed by atoms with Gasteiger partial charge in [-0.2, -0.15) is 5.10 Å². The van der Waals surface area contributed by atoms with Crippen molar-refractivity contribution < 1.29 is 14.4 Å². The molecule has 43 heavy (non-hydrogen) atoms. The summed E-state index contributed by atoms with van der Waals surface area (Å²) in [4.78, 5) is 51.4. The first-order chi connectivity index (χ1) is 20.7. The van der Waals surface area contributed by atoms with Gasteiger partial charge in [-0.3, -0.25) is 24.3 Å². The highest BCUT2D eigenvalue weighted by atomic mass is 16.2. The van der Waals surface area contributed by atoms with Gasteiger partial charge in [0.05, 0.1) is 11.7 Å². The third kappa shape index (κ3) is 9.71. The lowest BCUT2D eigenvalue weighted by Crippen LogP contribution is -2.50. The highest BCUT2D eigenvalue weighted by molar-refractivity contribution is 5.88. The van der Waals surface area contributed by atoms with E-state index < -0.39 is 12.1 Å². The van der Waals surface area contributed by atoms with E-state index >= 15 is 0 Å². The number of aromatic nitrogens is 4. The molecule has 1 aromatic carbocycles. The van der Waals surface area contributed by atoms with Gasteiger partial charge in [0, 0.05) is 38.2 Å². The van der Waals surface area contributed by atoms with Crippen LogP contribution in [0.25, 0.3) is 0 Å². The Balaban J connectivity index is 1.58. The molecule has 0 radical (unpaired) electrons. The molecule has 0 saturated carbocycles. The van der Waals surface area contributed by atoms with Crippen molar-refractivity contribution in [3.8, 4) is 0 Å². The van der Waals surface area contributed by atoms with Gasteiger partial charge in [0.15, 0.2) is 5.82 Å². The molecule has 2 aromatic heterocycles. The zero-order chi connectivity index (χ0) is 30.8. The Hall–Kier alpha value is -4.12. The van der Waals surface area contributed by atoms with Crippen LogP contribution in [0.5, 0.6) is 0 Å². The molecule has 1 aliphatic heterocycles. The molecule has 230 valence electrons. The van der Waals surface area contributed by atoms with Crippen LogP contribution < -0.4 is 16.0 Å². The molecule has 11 heteroatoms. The number of carbonyl (C=O) groups excluding carboxylic acids is 3. The second kappa shape index (κ2) is 15.4. The molecule has 3 aromatic rings. The average Bonchev–Trinajstić information content (AvgIpc) is 3.32. The van der Waals surface area contributed by atoms with E-state index in [0.29, 0.717) is 44.1 Å². The maximum absolute atomic E-state index is 13.8. The van der Waals surface area contributed by atoms with Crippen LogP contribution in [0.3, 0.4) is 0 Å². The van der Waals surface area contributed by atoms with Gasteiger partial charge in [-0.1, -0.05) is 50.2 Å². The summed E-state index contributed by atoms with van der Waals surface area (Å²) in [6.07, 6.45) is 2.01. The van der Waals surface area contributed by atoms with Gasteiger partial charge in [-0.15, -0.1) is 0 Å². The summed E-state index contributed by atoms with van der Waals surface area (Å²) < 4.78 is 1.57. The number of hydrogen-bond donors (Lipinski definition) is 3. The van der Waals surface area contributed by atoms with Crippen molar-refractivity contribution in [1.82, 2.24) is 40.6 Å². The number of carbonyl (C=O) groups is 3. The lowest BCUT2D eigenvalue weighted by atomic mass is 10.0. The van der Waals surface area contributed by atoms with Crippen molar-refractivity contribution in [2.75, 3.05) is 19.6 Å². The molecule has 11 nitrogen and oxygen atoms in total. The minimum Gasteiger partial charge on any atom is -0.354 e. The molecule has 2 atom stereocenters. The van der Waals surface area contributed by atoms with Crippen molar-refractivity contribution >= 4 is 17.7 Å². The predicted molar refractivity (Wildman–Crippen MR) is 164 cm³/mol. The van der Waals surface area contributed by atoms with Gasteiger partial charge in [-0.25, -0.2) is 9.67 Å². The topological polar surface area (TPSA) is 134 Å². The van der Waals surface area contributed by atoms with Crippen molar-refractivity contribution in [1.29, 1.82) is 0 Å². The Bertz CT molecular complexity index is 1370. The summed E-state index contributed by atoms with van der Waals surface area (Å²) in [5.41, 5.74) is 2.86. The number of nitrogens with one attached hydrogen (secondary N) is 3. The normalized spacial score (nSPS) is 20.0. The van der Waals surface area contributed by atoms with Gasteiger partial charge in [0.25, 0.3) is 0 Å². The van der Waals surface area contributed by atoms with E-state index in [4.69, 9.17) is 0 Å². The Kier molecular flexibility index (Phi) is 11.4. The van der Waals surface area contributed by atoms with Crippen LogP contribution in [0.4, 0.5) is 0 Å². The van der Waals surface area contributed by atoms with E-state index in [2.05, 4.69) is 35.9 Å². The van der Waals surface area contributed by atoms with E-state index in [1.807, 2.05) is 69.3 Å². The number of aryl methyl sites for hydroxylation is 2. The lowest BCUT2D eigenvalue weighted by molar-refractivity contribution is -0.129. The molecule has 0 fully saturated rings. The summed E-state index contributed by atoms with van der Waals surface area (Å²) >= 11 is 0. The van der Waals surface area contributed by atoms with Crippen LogP contribution in [0, 0.1) is 19.8 Å². The fraction of sp³-hybridized carbons (Fsp3) is 0.500. The third-order valence-corrected chi connectivity index (χ3v) is 7.46. The molecule has 0 spiro atoms. The molecule has 0 aliphatic carbocycles. The number of hydrogen-bond acceptors (Lipinski definition) is 7. The minimum atomic E-state index is -0.775. The van der Waals surface area contributed by atoms with Gasteiger partial charge >= 0.3 is 0 Å². The molecular weight excluding hydrogens is 544 g/mol. The molecular formula is C32H44N8O3. The first-order valence-corrected chi connectivity index (χ1v) is 15.1. The predicted octanol–water partition coefficient (Wildman–Crippen LogP) is 2.63. The molecule has 0 bridgehead atoms. The quantitative estimate of drug-likeness (QED) is 0.417. The number of fused-ring (bicyclic) bond motifs is 1. The van der Waals surface area contributed by atoms with E-state index in [0.717, 1.165) is 29.9 Å². The number of nitrogens with zero attached hydrogens (tertiary/aromatic N) is 5. The fourth-order valence-electron chi connectivity index (χ4n) is 5.30. The Labute approximate surface area is 253 Å². The van der Waals surface area contributed by atoms with Crippen LogP contribution >= 0.6 is 0 Å². The maximum Gasteiger partial charge on any atom is 0.243 e. The molecule has 3 amide bonds. The second-order valence-electron chi connectivity index (χ2n) is 11.6. The molecule has 4 rings (SSSR count). The summed E-state index contributed by atoms with van der Waals surface area (Å²) in [6.45, 7) is 10.3. The molecule has 3 N–H and O–H groups in total. The largest absolute Gasteiger partial charge is 0.354 e. The van der Waals surface area contributed by atoms with Crippen LogP contribution in [0.1, 0.15) is 67.8 Å². The van der Waals surface area contributed by atoms with Crippen LogP contribution in [-0.4, -0.2) is 68.0 Å². The second-order valence-corrected chi connectivity index (χ2v) is 11.6. The molecule has 0 unspecified atom stereocenters. The molecule has 3 heterocycles. The van der Waals surface area contributed by atoms with Crippen LogP contribution in [0.15, 0.2) is 48.5 Å². The minimum absolute atomic E-state index is 0.00360. The molecule has 0 saturated heterocycles. The summed E-state index contributed by atoms with van der Waals surface area (Å²) in [7, 11) is 0. The maximum atomic E-state index is 13.8. The molecule has 1 aliphatic rings. The lowest BCUT2D eigenvalue weighted by Gasteiger charge is -2.26.